The quantitative estimate of drug-likeness (QED) is 0.777. The van der Waals surface area contributed by atoms with Crippen LogP contribution in [0.4, 0.5) is 11.6 Å². The molecule has 4 rings (SSSR count). The molecule has 1 aliphatic heterocycles. The van der Waals surface area contributed by atoms with E-state index in [1.165, 1.54) is 0 Å². The number of anilines is 2. The molecule has 1 aliphatic carbocycles. The van der Waals surface area contributed by atoms with Crippen molar-refractivity contribution in [3.8, 4) is 0 Å². The number of rotatable bonds is 4. The molecule has 1 aromatic carbocycles. The number of nitrogens with zero attached hydrogens (tertiary/aromatic N) is 3. The van der Waals surface area contributed by atoms with Gasteiger partial charge in [0.1, 0.15) is 6.04 Å². The Morgan fingerprint density at radius 2 is 2.00 bits per heavy atom. The summed E-state index contributed by atoms with van der Waals surface area (Å²) in [5.74, 6) is 0.681. The van der Waals surface area contributed by atoms with E-state index in [1.807, 2.05) is 29.2 Å². The molecule has 3 N–H and O–H groups in total. The highest BCUT2D eigenvalue weighted by Gasteiger charge is 2.29. The molecular formula is C16H19N5O2. The fourth-order valence-electron chi connectivity index (χ4n) is 2.84. The highest BCUT2D eigenvalue weighted by molar-refractivity contribution is 5.81. The molecule has 1 atom stereocenters. The van der Waals surface area contributed by atoms with Gasteiger partial charge in [-0.05, 0) is 25.0 Å². The first-order chi connectivity index (χ1) is 11.2. The van der Waals surface area contributed by atoms with E-state index in [-0.39, 0.29) is 0 Å². The summed E-state index contributed by atoms with van der Waals surface area (Å²) in [5.41, 5.74) is 1.68. The summed E-state index contributed by atoms with van der Waals surface area (Å²) in [7, 11) is 0. The van der Waals surface area contributed by atoms with E-state index in [0.29, 0.717) is 19.1 Å². The average Bonchev–Trinajstić information content (AvgIpc) is 3.38. The molecule has 1 saturated carbocycles. The molecule has 2 aliphatic rings. The molecule has 7 heteroatoms. The van der Waals surface area contributed by atoms with E-state index in [1.54, 1.807) is 0 Å². The number of carboxylic acid groups (broad SMARTS) is 1. The molecule has 7 nitrogen and oxygen atoms in total. The number of hydrogen-bond donors (Lipinski definition) is 3. The summed E-state index contributed by atoms with van der Waals surface area (Å²) in [6.07, 6.45) is 2.29. The second-order valence-electron chi connectivity index (χ2n) is 6.09. The van der Waals surface area contributed by atoms with Crippen LogP contribution in [0.15, 0.2) is 24.3 Å². The Hall–Kier alpha value is -2.41. The van der Waals surface area contributed by atoms with Crippen molar-refractivity contribution in [2.45, 2.75) is 24.9 Å². The number of hydrogen-bond acceptors (Lipinski definition) is 6. The van der Waals surface area contributed by atoms with Gasteiger partial charge in [0.15, 0.2) is 11.6 Å². The van der Waals surface area contributed by atoms with Gasteiger partial charge < -0.3 is 20.6 Å². The number of carboxylic acids is 1. The molecule has 23 heavy (non-hydrogen) atoms. The maximum absolute atomic E-state index is 11.3. The molecule has 0 spiro atoms. The Bertz CT molecular complexity index is 746. The normalized spacial score (nSPS) is 21.4. The van der Waals surface area contributed by atoms with Crippen LogP contribution in [0.5, 0.6) is 0 Å². The van der Waals surface area contributed by atoms with Crippen molar-refractivity contribution in [1.82, 2.24) is 15.3 Å². The zero-order valence-corrected chi connectivity index (χ0v) is 12.7. The molecule has 0 amide bonds. The molecule has 0 radical (unpaired) electrons. The van der Waals surface area contributed by atoms with E-state index >= 15 is 0 Å². The van der Waals surface area contributed by atoms with Crippen LogP contribution in [0.3, 0.4) is 0 Å². The second kappa shape index (κ2) is 5.66. The molecule has 0 bridgehead atoms. The molecule has 2 aromatic rings. The Labute approximate surface area is 133 Å². The van der Waals surface area contributed by atoms with Gasteiger partial charge in [-0.2, -0.15) is 0 Å². The van der Waals surface area contributed by atoms with Crippen molar-refractivity contribution >= 4 is 28.6 Å². The number of para-hydroxylation sites is 2. The van der Waals surface area contributed by atoms with E-state index in [4.69, 9.17) is 9.97 Å². The van der Waals surface area contributed by atoms with Crippen molar-refractivity contribution in [3.05, 3.63) is 24.3 Å². The van der Waals surface area contributed by atoms with Gasteiger partial charge in [-0.3, -0.25) is 4.79 Å². The maximum Gasteiger partial charge on any atom is 0.322 e. The van der Waals surface area contributed by atoms with E-state index in [9.17, 15) is 9.90 Å². The maximum atomic E-state index is 11.3. The standard InChI is InChI=1S/C16H19N5O2/c22-16(23)13-9-21(8-7-17-13)15-14(18-10-5-6-10)19-11-3-1-2-4-12(11)20-15/h1-4,10,13,17H,5-9H2,(H,18,19)(H,22,23)/t13-/m1/s1. The third-order valence-corrected chi connectivity index (χ3v) is 4.24. The monoisotopic (exact) mass is 313 g/mol. The Balaban J connectivity index is 1.72. The minimum absolute atomic E-state index is 0.391. The van der Waals surface area contributed by atoms with Crippen molar-refractivity contribution in [2.75, 3.05) is 29.9 Å². The lowest BCUT2D eigenvalue weighted by Gasteiger charge is -2.33. The van der Waals surface area contributed by atoms with Gasteiger partial charge in [0.25, 0.3) is 0 Å². The summed E-state index contributed by atoms with van der Waals surface area (Å²) in [4.78, 5) is 22.8. The first kappa shape index (κ1) is 14.2. The van der Waals surface area contributed by atoms with Gasteiger partial charge in [-0.1, -0.05) is 12.1 Å². The number of fused-ring (bicyclic) bond motifs is 1. The predicted molar refractivity (Wildman–Crippen MR) is 87.8 cm³/mol. The molecule has 1 saturated heterocycles. The van der Waals surface area contributed by atoms with Crippen molar-refractivity contribution in [3.63, 3.8) is 0 Å². The van der Waals surface area contributed by atoms with Gasteiger partial charge in [-0.15, -0.1) is 0 Å². The van der Waals surface area contributed by atoms with Gasteiger partial charge in [-0.25, -0.2) is 9.97 Å². The van der Waals surface area contributed by atoms with Crippen LogP contribution in [0.2, 0.25) is 0 Å². The number of aliphatic carboxylic acids is 1. The predicted octanol–water partition coefficient (Wildman–Crippen LogP) is 1.07. The van der Waals surface area contributed by atoms with Gasteiger partial charge in [0.2, 0.25) is 0 Å². The fourth-order valence-corrected chi connectivity index (χ4v) is 2.84. The zero-order valence-electron chi connectivity index (χ0n) is 12.7. The van der Waals surface area contributed by atoms with Gasteiger partial charge >= 0.3 is 5.97 Å². The van der Waals surface area contributed by atoms with Crippen LogP contribution in [0.1, 0.15) is 12.8 Å². The summed E-state index contributed by atoms with van der Waals surface area (Å²) in [6.45, 7) is 1.73. The molecule has 2 fully saturated rings. The molecule has 1 aromatic heterocycles. The number of aromatic nitrogens is 2. The largest absolute Gasteiger partial charge is 0.480 e. The SMILES string of the molecule is O=C(O)[C@H]1CN(c2nc3ccccc3nc2NC2CC2)CCN1. The average molecular weight is 313 g/mol. The van der Waals surface area contributed by atoms with Crippen molar-refractivity contribution < 1.29 is 9.90 Å². The lowest BCUT2D eigenvalue weighted by atomic mass is 10.2. The van der Waals surface area contributed by atoms with Crippen molar-refractivity contribution in [1.29, 1.82) is 0 Å². The van der Waals surface area contributed by atoms with Crippen LogP contribution in [-0.2, 0) is 4.79 Å². The molecular weight excluding hydrogens is 294 g/mol. The summed E-state index contributed by atoms with van der Waals surface area (Å²) in [5, 5.41) is 15.7. The molecule has 0 unspecified atom stereocenters. The Morgan fingerprint density at radius 1 is 1.26 bits per heavy atom. The summed E-state index contributed by atoms with van der Waals surface area (Å²) < 4.78 is 0. The van der Waals surface area contributed by atoms with E-state index in [0.717, 1.165) is 42.1 Å². The Morgan fingerprint density at radius 3 is 2.70 bits per heavy atom. The first-order valence-corrected chi connectivity index (χ1v) is 7.95. The van der Waals surface area contributed by atoms with E-state index < -0.39 is 12.0 Å². The van der Waals surface area contributed by atoms with Crippen LogP contribution >= 0.6 is 0 Å². The van der Waals surface area contributed by atoms with Crippen LogP contribution in [0, 0.1) is 0 Å². The lowest BCUT2D eigenvalue weighted by molar-refractivity contribution is -0.139. The highest BCUT2D eigenvalue weighted by Crippen LogP contribution is 2.31. The summed E-state index contributed by atoms with van der Waals surface area (Å²) in [6, 6.07) is 7.65. The van der Waals surface area contributed by atoms with Crippen LogP contribution in [0.25, 0.3) is 11.0 Å². The number of piperazine rings is 1. The van der Waals surface area contributed by atoms with Gasteiger partial charge in [0.05, 0.1) is 11.0 Å². The molecule has 120 valence electrons. The van der Waals surface area contributed by atoms with Crippen LogP contribution < -0.4 is 15.5 Å². The van der Waals surface area contributed by atoms with Gasteiger partial charge in [0, 0.05) is 25.7 Å². The third kappa shape index (κ3) is 2.92. The van der Waals surface area contributed by atoms with Crippen LogP contribution in [-0.4, -0.2) is 52.8 Å². The lowest BCUT2D eigenvalue weighted by Crippen LogP contribution is -2.54. The third-order valence-electron chi connectivity index (χ3n) is 4.24. The molecule has 2 heterocycles. The topological polar surface area (TPSA) is 90.4 Å². The fraction of sp³-hybridized carbons (Fsp3) is 0.438. The highest BCUT2D eigenvalue weighted by atomic mass is 16.4. The zero-order chi connectivity index (χ0) is 15.8. The number of benzene rings is 1. The minimum Gasteiger partial charge on any atom is -0.480 e. The van der Waals surface area contributed by atoms with Crippen molar-refractivity contribution in [2.24, 2.45) is 0 Å². The second-order valence-corrected chi connectivity index (χ2v) is 6.09. The van der Waals surface area contributed by atoms with E-state index in [2.05, 4.69) is 10.6 Å². The smallest absolute Gasteiger partial charge is 0.322 e. The first-order valence-electron chi connectivity index (χ1n) is 7.95. The minimum atomic E-state index is -0.833. The Kier molecular flexibility index (Phi) is 3.49. The number of carbonyl (C=O) groups is 1. The number of nitrogens with one attached hydrogen (secondary N) is 2. The summed E-state index contributed by atoms with van der Waals surface area (Å²) >= 11 is 0.